The fourth-order valence-electron chi connectivity index (χ4n) is 3.38. The number of carboxylic acids is 1. The largest absolute Gasteiger partial charge is 0.489 e. The van der Waals surface area contributed by atoms with Gasteiger partial charge in [0.1, 0.15) is 29.9 Å². The zero-order valence-electron chi connectivity index (χ0n) is 19.5. The normalized spacial score (nSPS) is 11.4. The summed E-state index contributed by atoms with van der Waals surface area (Å²) >= 11 is 0. The molecule has 2 N–H and O–H groups in total. The number of carboxylic acid groups (broad SMARTS) is 1. The first-order chi connectivity index (χ1) is 16.8. The summed E-state index contributed by atoms with van der Waals surface area (Å²) in [6.45, 7) is 3.10. The van der Waals surface area contributed by atoms with Gasteiger partial charge in [0.15, 0.2) is 0 Å². The van der Waals surface area contributed by atoms with Gasteiger partial charge in [-0.1, -0.05) is 48.5 Å². The molecule has 0 saturated heterocycles. The molecule has 0 aliphatic rings. The second-order valence-electron chi connectivity index (χ2n) is 7.81. The highest BCUT2D eigenvalue weighted by Crippen LogP contribution is 2.22. The molecule has 0 amide bonds. The molecule has 8 nitrogen and oxygen atoms in total. The van der Waals surface area contributed by atoms with Crippen LogP contribution in [0.2, 0.25) is 0 Å². The highest BCUT2D eigenvalue weighted by atomic mass is 16.5. The molecule has 0 aliphatic carbocycles. The Morgan fingerprint density at radius 1 is 0.800 bits per heavy atom. The highest BCUT2D eigenvalue weighted by molar-refractivity contribution is 5.74. The SMILES string of the molecule is CC(=O)Oc1ccccc1CNC(Cc1ccc(OCc2ccccc2OC(C)=O)cc1)C(=O)O. The highest BCUT2D eigenvalue weighted by Gasteiger charge is 2.18. The number of para-hydroxylation sites is 2. The average Bonchev–Trinajstić information content (AvgIpc) is 2.82. The maximum Gasteiger partial charge on any atom is 0.321 e. The molecule has 0 bridgehead atoms. The zero-order valence-corrected chi connectivity index (χ0v) is 19.5. The summed E-state index contributed by atoms with van der Waals surface area (Å²) in [5, 5.41) is 12.7. The number of carbonyl (C=O) groups is 3. The lowest BCUT2D eigenvalue weighted by molar-refractivity contribution is -0.139. The molecule has 8 heteroatoms. The number of esters is 2. The van der Waals surface area contributed by atoms with E-state index in [2.05, 4.69) is 5.32 Å². The van der Waals surface area contributed by atoms with Crippen molar-refractivity contribution < 1.29 is 33.7 Å². The van der Waals surface area contributed by atoms with Gasteiger partial charge in [-0.25, -0.2) is 0 Å². The average molecular weight is 478 g/mol. The van der Waals surface area contributed by atoms with Crippen molar-refractivity contribution in [1.29, 1.82) is 0 Å². The molecule has 0 fully saturated rings. The molecule has 0 spiro atoms. The summed E-state index contributed by atoms with van der Waals surface area (Å²) in [7, 11) is 0. The molecule has 3 rings (SSSR count). The Labute approximate surface area is 203 Å². The third kappa shape index (κ3) is 7.97. The molecule has 3 aromatic rings. The van der Waals surface area contributed by atoms with Crippen LogP contribution in [0.3, 0.4) is 0 Å². The van der Waals surface area contributed by atoms with E-state index in [9.17, 15) is 19.5 Å². The predicted molar refractivity (Wildman–Crippen MR) is 128 cm³/mol. The number of rotatable bonds is 11. The molecule has 182 valence electrons. The van der Waals surface area contributed by atoms with E-state index in [0.29, 0.717) is 22.8 Å². The van der Waals surface area contributed by atoms with Crippen LogP contribution in [0.4, 0.5) is 0 Å². The number of nitrogens with one attached hydrogen (secondary N) is 1. The summed E-state index contributed by atoms with van der Waals surface area (Å²) < 4.78 is 16.2. The van der Waals surface area contributed by atoms with Crippen LogP contribution in [0, 0.1) is 0 Å². The van der Waals surface area contributed by atoms with Gasteiger partial charge in [0.05, 0.1) is 0 Å². The Morgan fingerprint density at radius 2 is 1.34 bits per heavy atom. The summed E-state index contributed by atoms with van der Waals surface area (Å²) in [6.07, 6.45) is 0.251. The zero-order chi connectivity index (χ0) is 25.2. The first-order valence-electron chi connectivity index (χ1n) is 11.0. The van der Waals surface area contributed by atoms with Crippen molar-refractivity contribution >= 4 is 17.9 Å². The fourth-order valence-corrected chi connectivity index (χ4v) is 3.38. The Kier molecular flexibility index (Phi) is 8.97. The summed E-state index contributed by atoms with van der Waals surface area (Å²) in [6, 6.07) is 20.4. The van der Waals surface area contributed by atoms with Crippen molar-refractivity contribution in [2.75, 3.05) is 0 Å². The van der Waals surface area contributed by atoms with Crippen molar-refractivity contribution in [2.24, 2.45) is 0 Å². The monoisotopic (exact) mass is 477 g/mol. The smallest absolute Gasteiger partial charge is 0.321 e. The van der Waals surface area contributed by atoms with Crippen molar-refractivity contribution in [1.82, 2.24) is 5.32 Å². The number of ether oxygens (including phenoxy) is 3. The van der Waals surface area contributed by atoms with Gasteiger partial charge in [0.2, 0.25) is 0 Å². The number of benzene rings is 3. The Bertz CT molecular complexity index is 1170. The van der Waals surface area contributed by atoms with Gasteiger partial charge >= 0.3 is 17.9 Å². The first-order valence-corrected chi connectivity index (χ1v) is 11.0. The lowest BCUT2D eigenvalue weighted by Gasteiger charge is -2.16. The third-order valence-corrected chi connectivity index (χ3v) is 5.05. The van der Waals surface area contributed by atoms with Crippen LogP contribution in [-0.4, -0.2) is 29.1 Å². The minimum atomic E-state index is -0.989. The molecule has 0 radical (unpaired) electrons. The van der Waals surface area contributed by atoms with Crippen LogP contribution in [0.5, 0.6) is 17.2 Å². The molecular weight excluding hydrogens is 450 g/mol. The number of hydrogen-bond donors (Lipinski definition) is 2. The topological polar surface area (TPSA) is 111 Å². The van der Waals surface area contributed by atoms with E-state index in [4.69, 9.17) is 14.2 Å². The minimum absolute atomic E-state index is 0.212. The van der Waals surface area contributed by atoms with E-state index >= 15 is 0 Å². The van der Waals surface area contributed by atoms with Crippen LogP contribution in [0.1, 0.15) is 30.5 Å². The van der Waals surface area contributed by atoms with Gasteiger partial charge < -0.3 is 19.3 Å². The van der Waals surface area contributed by atoms with E-state index in [0.717, 1.165) is 11.1 Å². The van der Waals surface area contributed by atoms with Gasteiger partial charge in [-0.15, -0.1) is 0 Å². The molecule has 1 unspecified atom stereocenters. The standard InChI is InChI=1S/C27H27NO7/c1-18(29)34-25-9-5-3-7-21(25)16-28-24(27(31)32)15-20-11-13-23(14-12-20)33-17-22-8-4-6-10-26(22)35-19(2)30/h3-14,24,28H,15-17H2,1-2H3,(H,31,32). The number of carbonyl (C=O) groups excluding carboxylic acids is 2. The Balaban J connectivity index is 1.59. The maximum atomic E-state index is 11.8. The minimum Gasteiger partial charge on any atom is -0.489 e. The van der Waals surface area contributed by atoms with Gasteiger partial charge in [-0.3, -0.25) is 19.7 Å². The van der Waals surface area contributed by atoms with E-state index in [1.807, 2.05) is 12.1 Å². The van der Waals surface area contributed by atoms with E-state index < -0.39 is 23.9 Å². The second kappa shape index (κ2) is 12.3. The van der Waals surface area contributed by atoms with E-state index in [1.165, 1.54) is 13.8 Å². The lowest BCUT2D eigenvalue weighted by Crippen LogP contribution is -2.38. The van der Waals surface area contributed by atoms with Gasteiger partial charge in [0, 0.05) is 31.5 Å². The molecule has 3 aromatic carbocycles. The van der Waals surface area contributed by atoms with Crippen molar-refractivity contribution in [3.63, 3.8) is 0 Å². The molecule has 0 heterocycles. The molecular formula is C27H27NO7. The summed E-state index contributed by atoms with van der Waals surface area (Å²) in [5.74, 6) is -0.391. The van der Waals surface area contributed by atoms with Crippen LogP contribution >= 0.6 is 0 Å². The maximum absolute atomic E-state index is 11.8. The van der Waals surface area contributed by atoms with E-state index in [-0.39, 0.29) is 19.6 Å². The number of aliphatic carboxylic acids is 1. The second-order valence-corrected chi connectivity index (χ2v) is 7.81. The van der Waals surface area contributed by atoms with Gasteiger partial charge in [-0.2, -0.15) is 0 Å². The Hall–Kier alpha value is -4.17. The molecule has 0 aromatic heterocycles. The lowest BCUT2D eigenvalue weighted by atomic mass is 10.1. The summed E-state index contributed by atoms with van der Waals surface area (Å²) in [4.78, 5) is 34.4. The van der Waals surface area contributed by atoms with Crippen LogP contribution in [0.25, 0.3) is 0 Å². The van der Waals surface area contributed by atoms with Gasteiger partial charge in [-0.05, 0) is 36.2 Å². The van der Waals surface area contributed by atoms with E-state index in [1.54, 1.807) is 60.7 Å². The molecule has 0 saturated carbocycles. The van der Waals surface area contributed by atoms with Crippen molar-refractivity contribution in [3.05, 3.63) is 89.5 Å². The van der Waals surface area contributed by atoms with Crippen LogP contribution in [0.15, 0.2) is 72.8 Å². The van der Waals surface area contributed by atoms with Crippen molar-refractivity contribution in [3.8, 4) is 17.2 Å². The van der Waals surface area contributed by atoms with Crippen molar-refractivity contribution in [2.45, 2.75) is 39.5 Å². The number of hydrogen-bond acceptors (Lipinski definition) is 7. The Morgan fingerprint density at radius 3 is 1.91 bits per heavy atom. The van der Waals surface area contributed by atoms with Crippen LogP contribution in [-0.2, 0) is 34.0 Å². The first kappa shape index (κ1) is 25.5. The van der Waals surface area contributed by atoms with Crippen LogP contribution < -0.4 is 19.5 Å². The fraction of sp³-hybridized carbons (Fsp3) is 0.222. The quantitative estimate of drug-likeness (QED) is 0.316. The van der Waals surface area contributed by atoms with Gasteiger partial charge in [0.25, 0.3) is 0 Å². The summed E-state index contributed by atoms with van der Waals surface area (Å²) in [5.41, 5.74) is 2.23. The third-order valence-electron chi connectivity index (χ3n) is 5.05. The predicted octanol–water partition coefficient (Wildman–Crippen LogP) is 3.90. The molecule has 1 atom stereocenters. The molecule has 0 aliphatic heterocycles. The molecule has 35 heavy (non-hydrogen) atoms.